The molecule has 0 aromatic rings. The molecule has 328 valence electrons. The van der Waals surface area contributed by atoms with E-state index in [0.717, 1.165) is 9.28 Å². The standard InChI is InChI=1S/C37H67NO15S3/c1-4-55-36(54)56-37(2,38-3)9-7-34(39)6-5-10-42-12-14-44-16-18-46-20-22-48-24-26-50-28-30-52-32-33-53-31-29-51-27-25-49-23-21-47-19-17-45-15-13-43-11-8-35(40)41/h4-33H2,1-2H3,(H,40,41). The van der Waals surface area contributed by atoms with Crippen LogP contribution in [0.3, 0.4) is 0 Å². The van der Waals surface area contributed by atoms with Gasteiger partial charge in [-0.05, 0) is 23.9 Å². The molecule has 0 aliphatic rings. The lowest BCUT2D eigenvalue weighted by atomic mass is 10.1. The van der Waals surface area contributed by atoms with Crippen LogP contribution in [0.5, 0.6) is 0 Å². The van der Waals surface area contributed by atoms with Gasteiger partial charge in [0.2, 0.25) is 0 Å². The summed E-state index contributed by atoms with van der Waals surface area (Å²) < 4.78 is 66.0. The van der Waals surface area contributed by atoms with Crippen molar-refractivity contribution in [3.8, 4) is 0 Å². The zero-order valence-corrected chi connectivity index (χ0v) is 36.0. The van der Waals surface area contributed by atoms with Crippen LogP contribution in [0.25, 0.3) is 4.85 Å². The van der Waals surface area contributed by atoms with E-state index in [9.17, 15) is 9.59 Å². The van der Waals surface area contributed by atoms with Gasteiger partial charge >= 0.3 is 5.97 Å². The first-order valence-electron chi connectivity index (χ1n) is 19.2. The Morgan fingerprint density at radius 3 is 1.12 bits per heavy atom. The van der Waals surface area contributed by atoms with E-state index < -0.39 is 10.8 Å². The maximum absolute atomic E-state index is 12.2. The first-order chi connectivity index (χ1) is 27.3. The Morgan fingerprint density at radius 2 is 0.839 bits per heavy atom. The van der Waals surface area contributed by atoms with Crippen LogP contribution in [0.4, 0.5) is 0 Å². The second-order valence-electron chi connectivity index (χ2n) is 11.7. The van der Waals surface area contributed by atoms with Crippen LogP contribution in [-0.4, -0.2) is 190 Å². The normalized spacial score (nSPS) is 12.4. The lowest BCUT2D eigenvalue weighted by molar-refractivity contribution is -0.138. The monoisotopic (exact) mass is 861 g/mol. The zero-order valence-electron chi connectivity index (χ0n) is 33.5. The van der Waals surface area contributed by atoms with Gasteiger partial charge in [0.1, 0.15) is 9.31 Å². The highest BCUT2D eigenvalue weighted by Gasteiger charge is 2.33. The van der Waals surface area contributed by atoms with Gasteiger partial charge in [0.25, 0.3) is 4.87 Å². The molecule has 0 radical (unpaired) electrons. The highest BCUT2D eigenvalue weighted by molar-refractivity contribution is 8.47. The molecule has 0 aliphatic carbocycles. The summed E-state index contributed by atoms with van der Waals surface area (Å²) in [5, 5.41) is 8.50. The van der Waals surface area contributed by atoms with Gasteiger partial charge in [0, 0.05) is 32.8 Å². The highest BCUT2D eigenvalue weighted by atomic mass is 32.2. The number of ether oxygens (including phenoxy) is 12. The molecular formula is C37H67NO15S3. The summed E-state index contributed by atoms with van der Waals surface area (Å²) >= 11 is 8.24. The van der Waals surface area contributed by atoms with Crippen molar-refractivity contribution < 1.29 is 71.5 Å². The Bertz CT molecular complexity index is 967. The molecule has 0 aromatic carbocycles. The smallest absolute Gasteiger partial charge is 0.305 e. The van der Waals surface area contributed by atoms with Crippen molar-refractivity contribution >= 4 is 51.0 Å². The van der Waals surface area contributed by atoms with Crippen LogP contribution in [-0.2, 0) is 66.4 Å². The maximum Gasteiger partial charge on any atom is 0.305 e. The molecule has 19 heteroatoms. The van der Waals surface area contributed by atoms with Crippen LogP contribution in [0.15, 0.2) is 0 Å². The van der Waals surface area contributed by atoms with Crippen LogP contribution < -0.4 is 0 Å². The summed E-state index contributed by atoms with van der Waals surface area (Å²) in [7, 11) is 0. The minimum absolute atomic E-state index is 0.00821. The van der Waals surface area contributed by atoms with E-state index in [1.165, 1.54) is 11.8 Å². The van der Waals surface area contributed by atoms with Gasteiger partial charge in [-0.3, -0.25) is 14.4 Å². The van der Waals surface area contributed by atoms with Gasteiger partial charge < -0.3 is 61.9 Å². The number of Topliss-reactive ketones (excluding diaryl/α,β-unsaturated/α-hetero) is 1. The maximum atomic E-state index is 12.2. The summed E-state index contributed by atoms with van der Waals surface area (Å²) in [6.45, 7) is 22.2. The van der Waals surface area contributed by atoms with E-state index in [2.05, 4.69) is 4.85 Å². The third-order valence-electron chi connectivity index (χ3n) is 6.97. The molecule has 0 aliphatic heterocycles. The quantitative estimate of drug-likeness (QED) is 0.0525. The van der Waals surface area contributed by atoms with Crippen LogP contribution in [0.1, 0.15) is 46.0 Å². The molecule has 0 heterocycles. The van der Waals surface area contributed by atoms with Crippen molar-refractivity contribution in [1.29, 1.82) is 0 Å². The number of carboxylic acid groups (broad SMARTS) is 1. The number of aliphatic carboxylic acids is 1. The second kappa shape index (κ2) is 43.5. The molecule has 56 heavy (non-hydrogen) atoms. The Hall–Kier alpha value is -1.06. The first-order valence-corrected chi connectivity index (χ1v) is 21.4. The number of carboxylic acids is 1. The molecule has 16 nitrogen and oxygen atoms in total. The first kappa shape index (κ1) is 54.9. The van der Waals surface area contributed by atoms with E-state index in [1.807, 2.05) is 13.8 Å². The molecule has 0 spiro atoms. The van der Waals surface area contributed by atoms with Crippen molar-refractivity contribution in [2.75, 3.05) is 164 Å². The number of thioether (sulfide) groups is 2. The summed E-state index contributed by atoms with van der Waals surface area (Å²) in [6.07, 6.45) is 1.95. The fourth-order valence-electron chi connectivity index (χ4n) is 4.00. The summed E-state index contributed by atoms with van der Waals surface area (Å²) in [5.74, 6) is 0.139. The molecule has 0 rings (SSSR count). The molecule has 0 fully saturated rings. The van der Waals surface area contributed by atoms with Crippen molar-refractivity contribution in [2.24, 2.45) is 0 Å². The lowest BCUT2D eigenvalue weighted by Gasteiger charge is -2.16. The molecule has 0 saturated heterocycles. The van der Waals surface area contributed by atoms with E-state index in [4.69, 9.17) is 80.7 Å². The third kappa shape index (κ3) is 42.5. The summed E-state index contributed by atoms with van der Waals surface area (Å²) in [4.78, 5) is 25.6. The lowest BCUT2D eigenvalue weighted by Crippen LogP contribution is -2.18. The number of rotatable bonds is 45. The van der Waals surface area contributed by atoms with Gasteiger partial charge in [-0.25, -0.2) is 6.57 Å². The molecule has 0 saturated carbocycles. The third-order valence-corrected chi connectivity index (χ3v) is 9.60. The molecule has 0 amide bonds. The number of hydrogen-bond donors (Lipinski definition) is 1. The van der Waals surface area contributed by atoms with Gasteiger partial charge in [-0.1, -0.05) is 19.1 Å². The van der Waals surface area contributed by atoms with Gasteiger partial charge in [0.15, 0.2) is 0 Å². The Balaban J connectivity index is 3.23. The van der Waals surface area contributed by atoms with Crippen LogP contribution in [0.2, 0.25) is 0 Å². The highest BCUT2D eigenvalue weighted by Crippen LogP contribution is 2.36. The summed E-state index contributed by atoms with van der Waals surface area (Å²) in [5.41, 5.74) is 0. The summed E-state index contributed by atoms with van der Waals surface area (Å²) in [6, 6.07) is 0. The second-order valence-corrected chi connectivity index (χ2v) is 15.7. The molecule has 1 N–H and O–H groups in total. The molecule has 0 aromatic heterocycles. The molecule has 1 unspecified atom stereocenters. The average Bonchev–Trinajstić information content (AvgIpc) is 3.18. The predicted octanol–water partition coefficient (Wildman–Crippen LogP) is 4.20. The van der Waals surface area contributed by atoms with Gasteiger partial charge in [-0.2, -0.15) is 0 Å². The number of hydrogen-bond acceptors (Lipinski definition) is 17. The van der Waals surface area contributed by atoms with E-state index in [1.54, 1.807) is 11.8 Å². The topological polar surface area (TPSA) is 169 Å². The van der Waals surface area contributed by atoms with Crippen LogP contribution in [0, 0.1) is 6.57 Å². The van der Waals surface area contributed by atoms with Crippen molar-refractivity contribution in [1.82, 2.24) is 0 Å². The predicted molar refractivity (Wildman–Crippen MR) is 219 cm³/mol. The SMILES string of the molecule is [C-]#[N+]C(C)(CCC(=O)CCCOCCOCCOCCOCCOCCOCCOCCOCCOCCOCCOCCOCCC(=O)O)SC(=S)SCC. The zero-order chi connectivity index (χ0) is 41.1. The van der Waals surface area contributed by atoms with Crippen molar-refractivity contribution in [3.63, 3.8) is 0 Å². The number of nitrogens with zero attached hydrogens (tertiary/aromatic N) is 1. The van der Waals surface area contributed by atoms with E-state index >= 15 is 0 Å². The van der Waals surface area contributed by atoms with Crippen molar-refractivity contribution in [2.45, 2.75) is 50.8 Å². The van der Waals surface area contributed by atoms with Crippen molar-refractivity contribution in [3.05, 3.63) is 11.4 Å². The minimum Gasteiger partial charge on any atom is -0.481 e. The number of carbonyl (C=O) groups excluding carboxylic acids is 1. The average molecular weight is 862 g/mol. The van der Waals surface area contributed by atoms with Gasteiger partial charge in [0.05, 0.1) is 158 Å². The van der Waals surface area contributed by atoms with E-state index in [-0.39, 0.29) is 18.8 Å². The Morgan fingerprint density at radius 1 is 0.536 bits per heavy atom. The number of carbonyl (C=O) groups is 2. The fraction of sp³-hybridized carbons (Fsp3) is 0.892. The number of thiocarbonyl (C=S) groups is 1. The molecule has 1 atom stereocenters. The Labute approximate surface area is 348 Å². The van der Waals surface area contributed by atoms with Crippen LogP contribution >= 0.6 is 35.7 Å². The largest absolute Gasteiger partial charge is 0.481 e. The van der Waals surface area contributed by atoms with E-state index in [0.29, 0.717) is 178 Å². The minimum atomic E-state index is -0.879. The Kier molecular flexibility index (Phi) is 42.7. The van der Waals surface area contributed by atoms with Gasteiger partial charge in [-0.15, -0.1) is 11.8 Å². The molecular weight excluding hydrogens is 795 g/mol. The fourth-order valence-corrected chi connectivity index (χ4v) is 6.87. The molecule has 0 bridgehead atoms. The number of ketones is 1.